The molecular weight excluding hydrogens is 128 g/mol. The minimum absolute atomic E-state index is 0.430. The molecular formula is C6H12N4. The molecule has 0 aromatic heterocycles. The maximum Gasteiger partial charge on any atom is 0.127 e. The molecule has 0 spiro atoms. The van der Waals surface area contributed by atoms with Crippen molar-refractivity contribution in [3.8, 4) is 0 Å². The van der Waals surface area contributed by atoms with Crippen LogP contribution < -0.4 is 5.43 Å². The quantitative estimate of drug-likeness (QED) is 0.596. The minimum atomic E-state index is 0.430. The van der Waals surface area contributed by atoms with Gasteiger partial charge in [-0.25, -0.2) is 10.4 Å². The van der Waals surface area contributed by atoms with Gasteiger partial charge in [-0.15, -0.1) is 0 Å². The van der Waals surface area contributed by atoms with Gasteiger partial charge in [0.05, 0.1) is 0 Å². The van der Waals surface area contributed by atoms with Crippen LogP contribution in [0.4, 0.5) is 0 Å². The number of hydrogen-bond acceptors (Lipinski definition) is 4. The zero-order valence-electron chi connectivity index (χ0n) is 6.28. The molecule has 1 heterocycles. The van der Waals surface area contributed by atoms with Crippen molar-refractivity contribution < 1.29 is 0 Å². The van der Waals surface area contributed by atoms with Crippen molar-refractivity contribution in [3.63, 3.8) is 0 Å². The van der Waals surface area contributed by atoms with Gasteiger partial charge in [-0.1, -0.05) is 0 Å². The summed E-state index contributed by atoms with van der Waals surface area (Å²) >= 11 is 0. The summed E-state index contributed by atoms with van der Waals surface area (Å²) in [6.45, 7) is 4.81. The van der Waals surface area contributed by atoms with Crippen molar-refractivity contribution in [2.45, 2.75) is 19.9 Å². The van der Waals surface area contributed by atoms with E-state index in [4.69, 9.17) is 0 Å². The highest BCUT2D eigenvalue weighted by Crippen LogP contribution is 1.86. The van der Waals surface area contributed by atoms with E-state index in [1.54, 1.807) is 12.7 Å². The van der Waals surface area contributed by atoms with E-state index < -0.39 is 0 Å². The lowest BCUT2D eigenvalue weighted by atomic mass is 10.4. The molecule has 1 N–H and O–H groups in total. The Hall–Kier alpha value is -0.900. The first-order valence-electron chi connectivity index (χ1n) is 3.33. The Labute approximate surface area is 60.6 Å². The Morgan fingerprint density at radius 3 is 2.90 bits per heavy atom. The van der Waals surface area contributed by atoms with Crippen LogP contribution >= 0.6 is 0 Å². The molecule has 0 aromatic carbocycles. The Balaban J connectivity index is 2.30. The molecule has 10 heavy (non-hydrogen) atoms. The standard InChI is InChI=1S/C6H12N4/c1-6(2)9-10-4-7-3-8-5-10/h3-4,6,9H,5H2,1-2H3. The number of hydrazine groups is 1. The molecule has 0 saturated carbocycles. The van der Waals surface area contributed by atoms with Gasteiger partial charge in [-0.2, -0.15) is 0 Å². The van der Waals surface area contributed by atoms with Gasteiger partial charge in [0.15, 0.2) is 0 Å². The normalized spacial score (nSPS) is 16.9. The lowest BCUT2D eigenvalue weighted by Gasteiger charge is -2.21. The zero-order chi connectivity index (χ0) is 7.40. The Kier molecular flexibility index (Phi) is 2.39. The summed E-state index contributed by atoms with van der Waals surface area (Å²) < 4.78 is 0. The van der Waals surface area contributed by atoms with E-state index in [-0.39, 0.29) is 0 Å². The Morgan fingerprint density at radius 2 is 2.40 bits per heavy atom. The summed E-state index contributed by atoms with van der Waals surface area (Å²) in [6.07, 6.45) is 3.28. The fourth-order valence-electron chi connectivity index (χ4n) is 0.724. The third-order valence-corrected chi connectivity index (χ3v) is 1.01. The van der Waals surface area contributed by atoms with Gasteiger partial charge in [0, 0.05) is 6.04 Å². The number of hydrogen-bond donors (Lipinski definition) is 1. The van der Waals surface area contributed by atoms with Gasteiger partial charge >= 0.3 is 0 Å². The molecule has 0 aliphatic carbocycles. The molecule has 0 unspecified atom stereocenters. The molecule has 0 amide bonds. The fourth-order valence-corrected chi connectivity index (χ4v) is 0.724. The van der Waals surface area contributed by atoms with Crippen molar-refractivity contribution in [3.05, 3.63) is 0 Å². The highest BCUT2D eigenvalue weighted by Gasteiger charge is 2.00. The van der Waals surface area contributed by atoms with E-state index >= 15 is 0 Å². The third kappa shape index (κ3) is 2.14. The molecule has 1 aliphatic rings. The van der Waals surface area contributed by atoms with Crippen LogP contribution in [0.3, 0.4) is 0 Å². The van der Waals surface area contributed by atoms with Gasteiger partial charge in [-0.3, -0.25) is 10.0 Å². The molecule has 1 rings (SSSR count). The van der Waals surface area contributed by atoms with Gasteiger partial charge in [0.2, 0.25) is 0 Å². The van der Waals surface area contributed by atoms with Crippen LogP contribution in [-0.2, 0) is 0 Å². The van der Waals surface area contributed by atoms with Crippen molar-refractivity contribution in [2.75, 3.05) is 6.67 Å². The molecule has 0 radical (unpaired) electrons. The van der Waals surface area contributed by atoms with E-state index in [1.807, 2.05) is 5.01 Å². The number of rotatable bonds is 2. The van der Waals surface area contributed by atoms with E-state index in [1.165, 1.54) is 0 Å². The summed E-state index contributed by atoms with van der Waals surface area (Å²) in [5.74, 6) is 0. The average molecular weight is 140 g/mol. The molecule has 56 valence electrons. The summed E-state index contributed by atoms with van der Waals surface area (Å²) in [5.41, 5.74) is 3.15. The summed E-state index contributed by atoms with van der Waals surface area (Å²) in [4.78, 5) is 7.81. The van der Waals surface area contributed by atoms with Crippen molar-refractivity contribution in [2.24, 2.45) is 9.98 Å². The first-order valence-corrected chi connectivity index (χ1v) is 3.33. The number of aliphatic imine (C=N–C) groups is 2. The second-order valence-electron chi connectivity index (χ2n) is 2.46. The smallest absolute Gasteiger partial charge is 0.127 e. The van der Waals surface area contributed by atoms with E-state index in [2.05, 4.69) is 29.3 Å². The molecule has 0 saturated heterocycles. The van der Waals surface area contributed by atoms with Crippen LogP contribution in [0.25, 0.3) is 0 Å². The highest BCUT2D eigenvalue weighted by molar-refractivity contribution is 5.72. The molecule has 4 heteroatoms. The SMILES string of the molecule is CC(C)NN1C=NC=NC1. The van der Waals surface area contributed by atoms with Crippen molar-refractivity contribution in [1.82, 2.24) is 10.4 Å². The van der Waals surface area contributed by atoms with E-state index in [0.29, 0.717) is 12.7 Å². The highest BCUT2D eigenvalue weighted by atomic mass is 15.5. The van der Waals surface area contributed by atoms with Crippen LogP contribution in [0.5, 0.6) is 0 Å². The zero-order valence-corrected chi connectivity index (χ0v) is 6.28. The van der Waals surface area contributed by atoms with Crippen molar-refractivity contribution >= 4 is 12.7 Å². The van der Waals surface area contributed by atoms with Gasteiger partial charge in [0.25, 0.3) is 0 Å². The topological polar surface area (TPSA) is 40.0 Å². The molecule has 1 aliphatic heterocycles. The summed E-state index contributed by atoms with van der Waals surface area (Å²) in [5, 5.41) is 1.85. The van der Waals surface area contributed by atoms with Crippen LogP contribution in [0.1, 0.15) is 13.8 Å². The van der Waals surface area contributed by atoms with Gasteiger partial charge in [0.1, 0.15) is 19.3 Å². The predicted octanol–water partition coefficient (Wildman–Crippen LogP) is 0.229. The molecule has 0 fully saturated rings. The van der Waals surface area contributed by atoms with Crippen LogP contribution in [0.2, 0.25) is 0 Å². The van der Waals surface area contributed by atoms with Crippen molar-refractivity contribution in [1.29, 1.82) is 0 Å². The number of nitrogens with zero attached hydrogens (tertiary/aromatic N) is 3. The lowest BCUT2D eigenvalue weighted by molar-refractivity contribution is 0.290. The van der Waals surface area contributed by atoms with Crippen LogP contribution in [-0.4, -0.2) is 30.4 Å². The maximum absolute atomic E-state index is 3.95. The van der Waals surface area contributed by atoms with E-state index in [0.717, 1.165) is 0 Å². The second kappa shape index (κ2) is 3.31. The number of nitrogens with one attached hydrogen (secondary N) is 1. The fraction of sp³-hybridized carbons (Fsp3) is 0.667. The largest absolute Gasteiger partial charge is 0.276 e. The first kappa shape index (κ1) is 7.21. The van der Waals surface area contributed by atoms with Gasteiger partial charge in [-0.05, 0) is 13.8 Å². The minimum Gasteiger partial charge on any atom is -0.276 e. The summed E-state index contributed by atoms with van der Waals surface area (Å²) in [6, 6.07) is 0.430. The second-order valence-corrected chi connectivity index (χ2v) is 2.46. The van der Waals surface area contributed by atoms with E-state index in [9.17, 15) is 0 Å². The predicted molar refractivity (Wildman–Crippen MR) is 42.0 cm³/mol. The monoisotopic (exact) mass is 140 g/mol. The molecule has 0 bridgehead atoms. The lowest BCUT2D eigenvalue weighted by Crippen LogP contribution is -2.42. The molecule has 0 aromatic rings. The molecule has 0 atom stereocenters. The van der Waals surface area contributed by atoms with Crippen LogP contribution in [0, 0.1) is 0 Å². The molecule has 4 nitrogen and oxygen atoms in total. The van der Waals surface area contributed by atoms with Crippen LogP contribution in [0.15, 0.2) is 9.98 Å². The first-order chi connectivity index (χ1) is 4.79. The Bertz CT molecular complexity index is 150. The average Bonchev–Trinajstić information content (AvgIpc) is 1.88. The maximum atomic E-state index is 3.95. The third-order valence-electron chi connectivity index (χ3n) is 1.01. The van der Waals surface area contributed by atoms with Gasteiger partial charge < -0.3 is 0 Å². The summed E-state index contributed by atoms with van der Waals surface area (Å²) in [7, 11) is 0. The Morgan fingerprint density at radius 1 is 1.60 bits per heavy atom.